The van der Waals surface area contributed by atoms with Gasteiger partial charge in [-0.15, -0.1) is 0 Å². The molecule has 1 fully saturated rings. The molecule has 1 aromatic heterocycles. The van der Waals surface area contributed by atoms with Crippen LogP contribution in [0.1, 0.15) is 19.7 Å². The van der Waals surface area contributed by atoms with E-state index in [0.29, 0.717) is 30.3 Å². The van der Waals surface area contributed by atoms with Crippen LogP contribution in [0.3, 0.4) is 0 Å². The van der Waals surface area contributed by atoms with Crippen LogP contribution in [0.15, 0.2) is 33.3 Å². The second-order valence-corrected chi connectivity index (χ2v) is 6.60. The van der Waals surface area contributed by atoms with Crippen LogP contribution in [0.2, 0.25) is 0 Å². The second kappa shape index (κ2) is 6.25. The van der Waals surface area contributed by atoms with Crippen molar-refractivity contribution < 1.29 is 4.52 Å². The molecule has 0 saturated carbocycles. The molecule has 5 nitrogen and oxygen atoms in total. The highest BCUT2D eigenvalue weighted by Gasteiger charge is 2.22. The Hall–Kier alpha value is -1.24. The highest BCUT2D eigenvalue weighted by atomic mass is 79.9. The van der Waals surface area contributed by atoms with E-state index in [2.05, 4.69) is 50.1 Å². The zero-order valence-corrected chi connectivity index (χ0v) is 13.8. The molecule has 1 aliphatic heterocycles. The molecule has 1 aromatic carbocycles. The van der Waals surface area contributed by atoms with Gasteiger partial charge in [-0.3, -0.25) is 4.90 Å². The summed E-state index contributed by atoms with van der Waals surface area (Å²) in [5, 5.41) is 7.60. The summed E-state index contributed by atoms with van der Waals surface area (Å²) in [6.45, 7) is 7.10. The molecule has 0 aliphatic carbocycles. The molecule has 2 heterocycles. The molecule has 21 heavy (non-hydrogen) atoms. The summed E-state index contributed by atoms with van der Waals surface area (Å²) in [7, 11) is 0. The summed E-state index contributed by atoms with van der Waals surface area (Å²) in [6.07, 6.45) is 0. The monoisotopic (exact) mass is 350 g/mol. The first kappa shape index (κ1) is 14.7. The molecule has 2 aromatic rings. The number of rotatable bonds is 3. The molecule has 3 rings (SSSR count). The molecule has 2 unspecified atom stereocenters. The molecule has 0 amide bonds. The largest absolute Gasteiger partial charge is 0.338 e. The van der Waals surface area contributed by atoms with Gasteiger partial charge in [-0.05, 0) is 26.0 Å². The van der Waals surface area contributed by atoms with E-state index in [4.69, 9.17) is 4.52 Å². The standard InChI is InChI=1S/C15H19BrN4O/c1-10-7-20(8-11(2)17-10)9-14-18-15(19-21-14)12-4-3-5-13(16)6-12/h3-6,10-11,17H,7-9H2,1-2H3. The summed E-state index contributed by atoms with van der Waals surface area (Å²) >= 11 is 3.46. The fourth-order valence-electron chi connectivity index (χ4n) is 2.82. The molecule has 0 radical (unpaired) electrons. The van der Waals surface area contributed by atoms with Crippen LogP contribution in [0.5, 0.6) is 0 Å². The molecule has 1 aliphatic rings. The Morgan fingerprint density at radius 2 is 2.10 bits per heavy atom. The molecule has 1 saturated heterocycles. The summed E-state index contributed by atoms with van der Waals surface area (Å²) in [5.74, 6) is 1.31. The minimum Gasteiger partial charge on any atom is -0.338 e. The molecular formula is C15H19BrN4O. The highest BCUT2D eigenvalue weighted by molar-refractivity contribution is 9.10. The number of hydrogen-bond acceptors (Lipinski definition) is 5. The van der Waals surface area contributed by atoms with E-state index in [-0.39, 0.29) is 0 Å². The first-order valence-electron chi connectivity index (χ1n) is 7.17. The van der Waals surface area contributed by atoms with Gasteiger partial charge in [0.25, 0.3) is 0 Å². The number of aromatic nitrogens is 2. The Labute approximate surface area is 132 Å². The average molecular weight is 351 g/mol. The molecule has 0 spiro atoms. The number of hydrogen-bond donors (Lipinski definition) is 1. The number of benzene rings is 1. The molecule has 2 atom stereocenters. The van der Waals surface area contributed by atoms with Gasteiger partial charge in [-0.1, -0.05) is 33.2 Å². The first-order chi connectivity index (χ1) is 10.1. The smallest absolute Gasteiger partial charge is 0.241 e. The highest BCUT2D eigenvalue weighted by Crippen LogP contribution is 2.20. The minimum absolute atomic E-state index is 0.487. The zero-order chi connectivity index (χ0) is 14.8. The van der Waals surface area contributed by atoms with Crippen LogP contribution in [0.4, 0.5) is 0 Å². The molecule has 0 bridgehead atoms. The van der Waals surface area contributed by atoms with Gasteiger partial charge >= 0.3 is 0 Å². The van der Waals surface area contributed by atoms with Crippen molar-refractivity contribution in [2.24, 2.45) is 0 Å². The van der Waals surface area contributed by atoms with E-state index >= 15 is 0 Å². The van der Waals surface area contributed by atoms with Gasteiger partial charge in [-0.2, -0.15) is 4.98 Å². The lowest BCUT2D eigenvalue weighted by Crippen LogP contribution is -2.53. The van der Waals surface area contributed by atoms with Gasteiger partial charge in [-0.25, -0.2) is 0 Å². The van der Waals surface area contributed by atoms with Gasteiger partial charge in [0.05, 0.1) is 6.54 Å². The lowest BCUT2D eigenvalue weighted by molar-refractivity contribution is 0.149. The number of nitrogens with zero attached hydrogens (tertiary/aromatic N) is 3. The number of nitrogens with one attached hydrogen (secondary N) is 1. The lowest BCUT2D eigenvalue weighted by Gasteiger charge is -2.35. The summed E-state index contributed by atoms with van der Waals surface area (Å²) in [5.41, 5.74) is 0.960. The third-order valence-electron chi connectivity index (χ3n) is 3.54. The molecule has 112 valence electrons. The quantitative estimate of drug-likeness (QED) is 0.922. The lowest BCUT2D eigenvalue weighted by atomic mass is 10.1. The Morgan fingerprint density at radius 1 is 1.33 bits per heavy atom. The predicted octanol–water partition coefficient (Wildman–Crippen LogP) is 2.68. The maximum Gasteiger partial charge on any atom is 0.241 e. The van der Waals surface area contributed by atoms with Crippen LogP contribution in [-0.4, -0.2) is 40.2 Å². The van der Waals surface area contributed by atoms with Crippen LogP contribution in [0.25, 0.3) is 11.4 Å². The van der Waals surface area contributed by atoms with Crippen molar-refractivity contribution >= 4 is 15.9 Å². The van der Waals surface area contributed by atoms with Gasteiger partial charge in [0.1, 0.15) is 0 Å². The fraction of sp³-hybridized carbons (Fsp3) is 0.467. The summed E-state index contributed by atoms with van der Waals surface area (Å²) < 4.78 is 6.40. The first-order valence-corrected chi connectivity index (χ1v) is 7.96. The number of halogens is 1. The van der Waals surface area contributed by atoms with Crippen molar-refractivity contribution in [2.45, 2.75) is 32.5 Å². The van der Waals surface area contributed by atoms with E-state index in [1.807, 2.05) is 24.3 Å². The summed E-state index contributed by atoms with van der Waals surface area (Å²) in [4.78, 5) is 6.86. The third-order valence-corrected chi connectivity index (χ3v) is 4.04. The van der Waals surface area contributed by atoms with Crippen molar-refractivity contribution in [3.8, 4) is 11.4 Å². The van der Waals surface area contributed by atoms with Crippen LogP contribution in [-0.2, 0) is 6.54 Å². The maximum atomic E-state index is 5.39. The van der Waals surface area contributed by atoms with E-state index in [0.717, 1.165) is 23.1 Å². The molecule has 1 N–H and O–H groups in total. The third kappa shape index (κ3) is 3.70. The fourth-order valence-corrected chi connectivity index (χ4v) is 3.22. The van der Waals surface area contributed by atoms with E-state index in [1.165, 1.54) is 0 Å². The van der Waals surface area contributed by atoms with Gasteiger partial charge in [0.15, 0.2) is 0 Å². The zero-order valence-electron chi connectivity index (χ0n) is 12.2. The van der Waals surface area contributed by atoms with Crippen LogP contribution >= 0.6 is 15.9 Å². The van der Waals surface area contributed by atoms with Crippen molar-refractivity contribution in [3.05, 3.63) is 34.6 Å². The molecular weight excluding hydrogens is 332 g/mol. The maximum absolute atomic E-state index is 5.39. The Balaban J connectivity index is 1.70. The Morgan fingerprint density at radius 3 is 2.81 bits per heavy atom. The predicted molar refractivity (Wildman–Crippen MR) is 84.8 cm³/mol. The van der Waals surface area contributed by atoms with E-state index < -0.39 is 0 Å². The van der Waals surface area contributed by atoms with Crippen molar-refractivity contribution in [2.75, 3.05) is 13.1 Å². The van der Waals surface area contributed by atoms with Crippen LogP contribution < -0.4 is 5.32 Å². The van der Waals surface area contributed by atoms with Gasteiger partial charge in [0, 0.05) is 35.2 Å². The van der Waals surface area contributed by atoms with Crippen molar-refractivity contribution in [1.29, 1.82) is 0 Å². The van der Waals surface area contributed by atoms with Gasteiger partial charge in [0.2, 0.25) is 11.7 Å². The van der Waals surface area contributed by atoms with E-state index in [1.54, 1.807) is 0 Å². The molecule has 6 heteroatoms. The summed E-state index contributed by atoms with van der Waals surface area (Å²) in [6, 6.07) is 8.89. The SMILES string of the molecule is CC1CN(Cc2nc(-c3cccc(Br)c3)no2)CC(C)N1. The van der Waals surface area contributed by atoms with Crippen LogP contribution in [0, 0.1) is 0 Å². The minimum atomic E-state index is 0.487. The van der Waals surface area contributed by atoms with E-state index in [9.17, 15) is 0 Å². The number of piperazine rings is 1. The van der Waals surface area contributed by atoms with Crippen molar-refractivity contribution in [1.82, 2.24) is 20.4 Å². The second-order valence-electron chi connectivity index (χ2n) is 5.68. The Kier molecular flexibility index (Phi) is 4.37. The normalized spacial score (nSPS) is 23.4. The average Bonchev–Trinajstić information content (AvgIpc) is 2.86. The van der Waals surface area contributed by atoms with Gasteiger partial charge < -0.3 is 9.84 Å². The van der Waals surface area contributed by atoms with Crippen molar-refractivity contribution in [3.63, 3.8) is 0 Å². The topological polar surface area (TPSA) is 54.2 Å². The Bertz CT molecular complexity index is 605.